The number of Topliss-reactive ketones (excluding diaryl/α,β-unsaturated/α-hetero) is 1. The molecule has 1 aromatic rings. The molecule has 1 aliphatic heterocycles. The highest BCUT2D eigenvalue weighted by atomic mass is 16.5. The van der Waals surface area contributed by atoms with Crippen LogP contribution in [0.5, 0.6) is 0 Å². The van der Waals surface area contributed by atoms with E-state index in [0.29, 0.717) is 36.7 Å². The molecule has 0 unspecified atom stereocenters. The highest BCUT2D eigenvalue weighted by molar-refractivity contribution is 6.00. The standard InChI is InChI=1S/C15H19N3O3/c1-9-4-11(17-21-9)13(20)18-7-15(8-18)5-10(16)12(19)14(2,3)6-15/h4-5H,6-8,16H2,1-3H3. The first-order chi connectivity index (χ1) is 9.72. The number of carbonyl (C=O) groups excluding carboxylic acids is 2. The summed E-state index contributed by atoms with van der Waals surface area (Å²) >= 11 is 0. The van der Waals surface area contributed by atoms with Crippen molar-refractivity contribution in [2.24, 2.45) is 16.6 Å². The van der Waals surface area contributed by atoms with Crippen LogP contribution in [0.2, 0.25) is 0 Å². The van der Waals surface area contributed by atoms with Gasteiger partial charge in [0.15, 0.2) is 11.5 Å². The predicted molar refractivity (Wildman–Crippen MR) is 75.3 cm³/mol. The fraction of sp³-hybridized carbons (Fsp3) is 0.533. The van der Waals surface area contributed by atoms with Crippen molar-refractivity contribution in [3.05, 3.63) is 29.3 Å². The number of amides is 1. The number of likely N-dealkylation sites (tertiary alicyclic amines) is 1. The van der Waals surface area contributed by atoms with Crippen LogP contribution in [0.1, 0.15) is 36.5 Å². The van der Waals surface area contributed by atoms with Crippen molar-refractivity contribution < 1.29 is 14.1 Å². The van der Waals surface area contributed by atoms with E-state index in [4.69, 9.17) is 10.3 Å². The van der Waals surface area contributed by atoms with E-state index in [2.05, 4.69) is 5.16 Å². The maximum atomic E-state index is 12.3. The SMILES string of the molecule is Cc1cc(C(=O)N2CC3(C=C(N)C(=O)C(C)(C)C3)C2)no1. The van der Waals surface area contributed by atoms with Gasteiger partial charge in [-0.2, -0.15) is 0 Å². The molecule has 0 bridgehead atoms. The van der Waals surface area contributed by atoms with Crippen molar-refractivity contribution in [2.75, 3.05) is 13.1 Å². The van der Waals surface area contributed by atoms with Gasteiger partial charge in [-0.25, -0.2) is 0 Å². The molecule has 0 radical (unpaired) electrons. The Hall–Kier alpha value is -2.11. The maximum absolute atomic E-state index is 12.3. The van der Waals surface area contributed by atoms with Crippen molar-refractivity contribution in [3.63, 3.8) is 0 Å². The van der Waals surface area contributed by atoms with Gasteiger partial charge in [-0.15, -0.1) is 0 Å². The van der Waals surface area contributed by atoms with Gasteiger partial charge >= 0.3 is 0 Å². The Labute approximate surface area is 122 Å². The Morgan fingerprint density at radius 1 is 1.43 bits per heavy atom. The van der Waals surface area contributed by atoms with Gasteiger partial charge in [-0.05, 0) is 19.4 Å². The number of hydrogen-bond acceptors (Lipinski definition) is 5. The Bertz CT molecular complexity index is 651. The molecule has 21 heavy (non-hydrogen) atoms. The number of aromatic nitrogens is 1. The average molecular weight is 289 g/mol. The molecule has 1 spiro atoms. The van der Waals surface area contributed by atoms with E-state index >= 15 is 0 Å². The Kier molecular flexibility index (Phi) is 2.77. The van der Waals surface area contributed by atoms with E-state index in [0.717, 1.165) is 0 Å². The summed E-state index contributed by atoms with van der Waals surface area (Å²) in [7, 11) is 0. The molecule has 1 amide bonds. The predicted octanol–water partition coefficient (Wildman–Crippen LogP) is 1.27. The Balaban J connectivity index is 1.76. The van der Waals surface area contributed by atoms with Gasteiger partial charge in [-0.3, -0.25) is 9.59 Å². The fourth-order valence-corrected chi connectivity index (χ4v) is 3.49. The summed E-state index contributed by atoms with van der Waals surface area (Å²) in [6.45, 7) is 6.69. The number of nitrogens with zero attached hydrogens (tertiary/aromatic N) is 2. The number of nitrogens with two attached hydrogens (primary N) is 1. The summed E-state index contributed by atoms with van der Waals surface area (Å²) < 4.78 is 4.93. The van der Waals surface area contributed by atoms with Gasteiger partial charge < -0.3 is 15.2 Å². The fourth-order valence-electron chi connectivity index (χ4n) is 3.49. The van der Waals surface area contributed by atoms with E-state index in [-0.39, 0.29) is 17.1 Å². The lowest BCUT2D eigenvalue weighted by Gasteiger charge is -2.53. The number of ketones is 1. The monoisotopic (exact) mass is 289 g/mol. The summed E-state index contributed by atoms with van der Waals surface area (Å²) in [6.07, 6.45) is 2.54. The number of rotatable bonds is 1. The second-order valence-electron chi connectivity index (χ2n) is 6.84. The molecule has 112 valence electrons. The van der Waals surface area contributed by atoms with E-state index in [1.165, 1.54) is 0 Å². The first-order valence-corrected chi connectivity index (χ1v) is 6.98. The van der Waals surface area contributed by atoms with Crippen LogP contribution in [0.25, 0.3) is 0 Å². The first kappa shape index (κ1) is 13.9. The molecule has 1 aromatic heterocycles. The molecule has 3 rings (SSSR count). The molecule has 0 atom stereocenters. The molecular weight excluding hydrogens is 270 g/mol. The second kappa shape index (κ2) is 4.19. The number of carbonyl (C=O) groups is 2. The van der Waals surface area contributed by atoms with E-state index in [1.54, 1.807) is 17.9 Å². The van der Waals surface area contributed by atoms with Gasteiger partial charge in [0.1, 0.15) is 5.76 Å². The van der Waals surface area contributed by atoms with Crippen LogP contribution in [-0.2, 0) is 4.79 Å². The molecule has 2 N–H and O–H groups in total. The highest BCUT2D eigenvalue weighted by Crippen LogP contribution is 2.47. The molecule has 1 saturated heterocycles. The average Bonchev–Trinajstić information content (AvgIpc) is 2.78. The van der Waals surface area contributed by atoms with Gasteiger partial charge in [0.25, 0.3) is 5.91 Å². The lowest BCUT2D eigenvalue weighted by Crippen LogP contribution is -2.61. The molecule has 2 aliphatic rings. The summed E-state index contributed by atoms with van der Waals surface area (Å²) in [5.74, 6) is 0.464. The molecule has 1 aliphatic carbocycles. The number of hydrogen-bond donors (Lipinski definition) is 1. The topological polar surface area (TPSA) is 89.4 Å². The molecule has 6 heteroatoms. The molecule has 1 fully saturated rings. The van der Waals surface area contributed by atoms with Gasteiger partial charge in [-0.1, -0.05) is 19.0 Å². The molecule has 0 aromatic carbocycles. The lowest BCUT2D eigenvalue weighted by molar-refractivity contribution is -0.127. The molecule has 2 heterocycles. The zero-order valence-corrected chi connectivity index (χ0v) is 12.5. The van der Waals surface area contributed by atoms with Crippen LogP contribution < -0.4 is 5.73 Å². The first-order valence-electron chi connectivity index (χ1n) is 6.98. The van der Waals surface area contributed by atoms with Gasteiger partial charge in [0.2, 0.25) is 0 Å². The van der Waals surface area contributed by atoms with E-state index in [9.17, 15) is 9.59 Å². The normalized spacial score (nSPS) is 22.9. The van der Waals surface area contributed by atoms with Crippen LogP contribution >= 0.6 is 0 Å². The van der Waals surface area contributed by atoms with Crippen molar-refractivity contribution in [2.45, 2.75) is 27.2 Å². The van der Waals surface area contributed by atoms with E-state index < -0.39 is 5.41 Å². The zero-order valence-electron chi connectivity index (χ0n) is 12.5. The Morgan fingerprint density at radius 2 is 2.10 bits per heavy atom. The molecular formula is C15H19N3O3. The van der Waals surface area contributed by atoms with E-state index in [1.807, 2.05) is 19.9 Å². The van der Waals surface area contributed by atoms with Crippen molar-refractivity contribution in [1.82, 2.24) is 10.1 Å². The maximum Gasteiger partial charge on any atom is 0.276 e. The van der Waals surface area contributed by atoms with Crippen molar-refractivity contribution in [3.8, 4) is 0 Å². The Morgan fingerprint density at radius 3 is 2.62 bits per heavy atom. The highest BCUT2D eigenvalue weighted by Gasteiger charge is 2.52. The third-order valence-electron chi connectivity index (χ3n) is 4.28. The van der Waals surface area contributed by atoms with Crippen LogP contribution in [0.3, 0.4) is 0 Å². The quantitative estimate of drug-likeness (QED) is 0.840. The third-order valence-corrected chi connectivity index (χ3v) is 4.28. The van der Waals surface area contributed by atoms with Crippen LogP contribution in [0.15, 0.2) is 22.4 Å². The summed E-state index contributed by atoms with van der Waals surface area (Å²) in [5, 5.41) is 3.75. The summed E-state index contributed by atoms with van der Waals surface area (Å²) in [4.78, 5) is 26.0. The smallest absolute Gasteiger partial charge is 0.276 e. The van der Waals surface area contributed by atoms with Crippen LogP contribution in [-0.4, -0.2) is 34.8 Å². The van der Waals surface area contributed by atoms with Crippen molar-refractivity contribution in [1.29, 1.82) is 0 Å². The van der Waals surface area contributed by atoms with Gasteiger partial charge in [0, 0.05) is 30.0 Å². The second-order valence-corrected chi connectivity index (χ2v) is 6.84. The number of aryl methyl sites for hydroxylation is 1. The zero-order chi connectivity index (χ0) is 15.4. The summed E-state index contributed by atoms with van der Waals surface area (Å²) in [5.41, 5.74) is 5.84. The lowest BCUT2D eigenvalue weighted by atomic mass is 9.62. The minimum absolute atomic E-state index is 0.00923. The largest absolute Gasteiger partial charge is 0.396 e. The molecule has 6 nitrogen and oxygen atoms in total. The number of allylic oxidation sites excluding steroid dienone is 1. The minimum Gasteiger partial charge on any atom is -0.396 e. The minimum atomic E-state index is -0.474. The molecule has 0 saturated carbocycles. The third kappa shape index (κ3) is 2.14. The van der Waals surface area contributed by atoms with Crippen LogP contribution in [0, 0.1) is 17.8 Å². The summed E-state index contributed by atoms with van der Waals surface area (Å²) in [6, 6.07) is 1.63. The van der Waals surface area contributed by atoms with Crippen LogP contribution in [0.4, 0.5) is 0 Å². The van der Waals surface area contributed by atoms with Crippen molar-refractivity contribution >= 4 is 11.7 Å². The van der Waals surface area contributed by atoms with Gasteiger partial charge in [0.05, 0.1) is 5.70 Å².